The van der Waals surface area contributed by atoms with Crippen LogP contribution in [0, 0.1) is 0 Å². The van der Waals surface area contributed by atoms with Gasteiger partial charge in [0.15, 0.2) is 0 Å². The first-order valence-electron chi connectivity index (χ1n) is 8.61. The predicted molar refractivity (Wildman–Crippen MR) is 104 cm³/mol. The molecule has 1 saturated heterocycles. The number of piperazine rings is 1. The first-order valence-corrected chi connectivity index (χ1v) is 8.99. The molecule has 4 rings (SSSR count). The van der Waals surface area contributed by atoms with Crippen molar-refractivity contribution >= 4 is 34.1 Å². The van der Waals surface area contributed by atoms with Gasteiger partial charge in [-0.2, -0.15) is 0 Å². The molecular weight excluding hydrogens is 350 g/mol. The second-order valence-electron chi connectivity index (χ2n) is 6.37. The molecule has 0 radical (unpaired) electrons. The highest BCUT2D eigenvalue weighted by molar-refractivity contribution is 6.31. The number of halogens is 1. The number of aromatic nitrogens is 1. The normalized spacial score (nSPS) is 14.7. The smallest absolute Gasteiger partial charge is 0.270 e. The molecule has 1 N–H and O–H groups in total. The Labute approximate surface area is 157 Å². The number of hydrogen-bond acceptors (Lipinski definition) is 3. The lowest BCUT2D eigenvalue weighted by Crippen LogP contribution is -2.49. The van der Waals surface area contributed by atoms with Crippen molar-refractivity contribution in [3.63, 3.8) is 0 Å². The van der Waals surface area contributed by atoms with Crippen LogP contribution in [-0.4, -0.2) is 49.1 Å². The molecule has 134 valence electrons. The van der Waals surface area contributed by atoms with E-state index in [0.717, 1.165) is 35.4 Å². The fraction of sp³-hybridized carbons (Fsp3) is 0.250. The topological polar surface area (TPSA) is 48.6 Å². The van der Waals surface area contributed by atoms with E-state index in [2.05, 4.69) is 16.0 Å². The number of nitrogens with one attached hydrogen (secondary N) is 1. The lowest BCUT2D eigenvalue weighted by Gasteiger charge is -2.36. The summed E-state index contributed by atoms with van der Waals surface area (Å²) in [6, 6.07) is 15.5. The van der Waals surface area contributed by atoms with Crippen LogP contribution in [0.5, 0.6) is 5.75 Å². The summed E-state index contributed by atoms with van der Waals surface area (Å²) >= 11 is 6.02. The first-order chi connectivity index (χ1) is 12.7. The van der Waals surface area contributed by atoms with Crippen molar-refractivity contribution in [1.82, 2.24) is 9.88 Å². The molecule has 5 nitrogen and oxygen atoms in total. The largest absolute Gasteiger partial charge is 0.495 e. The van der Waals surface area contributed by atoms with E-state index in [1.54, 1.807) is 7.11 Å². The number of para-hydroxylation sites is 2. The molecule has 1 aromatic heterocycles. The molecule has 26 heavy (non-hydrogen) atoms. The number of aromatic amines is 1. The van der Waals surface area contributed by atoms with Gasteiger partial charge in [-0.25, -0.2) is 0 Å². The van der Waals surface area contributed by atoms with E-state index in [0.29, 0.717) is 23.8 Å². The molecule has 0 aliphatic carbocycles. The number of carbonyl (C=O) groups excluding carboxylic acids is 1. The van der Waals surface area contributed by atoms with Gasteiger partial charge in [0.1, 0.15) is 11.4 Å². The number of fused-ring (bicyclic) bond motifs is 1. The Morgan fingerprint density at radius 3 is 2.62 bits per heavy atom. The minimum absolute atomic E-state index is 0.0250. The molecule has 3 aromatic rings. The second-order valence-corrected chi connectivity index (χ2v) is 6.80. The van der Waals surface area contributed by atoms with Gasteiger partial charge >= 0.3 is 0 Å². The van der Waals surface area contributed by atoms with Crippen LogP contribution < -0.4 is 9.64 Å². The average Bonchev–Trinajstić information content (AvgIpc) is 3.10. The van der Waals surface area contributed by atoms with Gasteiger partial charge in [0.25, 0.3) is 5.91 Å². The number of H-pyrrole nitrogens is 1. The van der Waals surface area contributed by atoms with Crippen LogP contribution in [0.2, 0.25) is 5.02 Å². The van der Waals surface area contributed by atoms with Gasteiger partial charge in [0.05, 0.1) is 12.8 Å². The van der Waals surface area contributed by atoms with Crippen LogP contribution in [0.15, 0.2) is 48.5 Å². The number of carbonyl (C=O) groups is 1. The van der Waals surface area contributed by atoms with E-state index < -0.39 is 0 Å². The van der Waals surface area contributed by atoms with Gasteiger partial charge in [0, 0.05) is 42.1 Å². The summed E-state index contributed by atoms with van der Waals surface area (Å²) < 4.78 is 5.45. The van der Waals surface area contributed by atoms with E-state index in [9.17, 15) is 4.79 Å². The summed E-state index contributed by atoms with van der Waals surface area (Å²) in [6.07, 6.45) is 0. The molecule has 1 amide bonds. The molecule has 1 aliphatic heterocycles. The fourth-order valence-corrected chi connectivity index (χ4v) is 3.60. The molecule has 2 aromatic carbocycles. The summed E-state index contributed by atoms with van der Waals surface area (Å²) in [6.45, 7) is 2.90. The average molecular weight is 370 g/mol. The molecule has 2 heterocycles. The second kappa shape index (κ2) is 6.92. The number of amides is 1. The SMILES string of the molecule is COc1ccccc1N1CCN(C(=O)c2cc3ccc(Cl)cc3[nH]2)CC1. The molecule has 0 unspecified atom stereocenters. The number of ether oxygens (including phenoxy) is 1. The zero-order chi connectivity index (χ0) is 18.1. The Balaban J connectivity index is 1.47. The van der Waals surface area contributed by atoms with Gasteiger partial charge in [-0.15, -0.1) is 0 Å². The Kier molecular flexibility index (Phi) is 4.47. The van der Waals surface area contributed by atoms with E-state index in [-0.39, 0.29) is 5.91 Å². The minimum atomic E-state index is 0.0250. The van der Waals surface area contributed by atoms with Crippen molar-refractivity contribution in [1.29, 1.82) is 0 Å². The van der Waals surface area contributed by atoms with Crippen LogP contribution >= 0.6 is 11.6 Å². The zero-order valence-corrected chi connectivity index (χ0v) is 15.3. The van der Waals surface area contributed by atoms with Crippen LogP contribution in [0.4, 0.5) is 5.69 Å². The first kappa shape index (κ1) is 16.8. The Morgan fingerprint density at radius 1 is 1.08 bits per heavy atom. The van der Waals surface area contributed by atoms with Gasteiger partial charge in [0.2, 0.25) is 0 Å². The standard InChI is InChI=1S/C20H20ClN3O2/c1-26-19-5-3-2-4-18(19)23-8-10-24(11-9-23)20(25)17-12-14-6-7-15(21)13-16(14)22-17/h2-7,12-13,22H,8-11H2,1H3. The zero-order valence-electron chi connectivity index (χ0n) is 14.5. The summed E-state index contributed by atoms with van der Waals surface area (Å²) in [5.74, 6) is 0.886. The van der Waals surface area contributed by atoms with Crippen LogP contribution in [0.1, 0.15) is 10.5 Å². The molecular formula is C20H20ClN3O2. The maximum absolute atomic E-state index is 12.8. The van der Waals surface area contributed by atoms with Crippen molar-refractivity contribution in [3.8, 4) is 5.75 Å². The van der Waals surface area contributed by atoms with E-state index >= 15 is 0 Å². The molecule has 0 atom stereocenters. The molecule has 1 fully saturated rings. The van der Waals surface area contributed by atoms with E-state index in [4.69, 9.17) is 16.3 Å². The van der Waals surface area contributed by atoms with Gasteiger partial charge in [-0.1, -0.05) is 29.8 Å². The van der Waals surface area contributed by atoms with Gasteiger partial charge in [-0.3, -0.25) is 4.79 Å². The maximum atomic E-state index is 12.8. The lowest BCUT2D eigenvalue weighted by atomic mass is 10.2. The van der Waals surface area contributed by atoms with Crippen molar-refractivity contribution in [3.05, 3.63) is 59.2 Å². The summed E-state index contributed by atoms with van der Waals surface area (Å²) in [7, 11) is 1.68. The predicted octanol–water partition coefficient (Wildman–Crippen LogP) is 3.79. The monoisotopic (exact) mass is 369 g/mol. The summed E-state index contributed by atoms with van der Waals surface area (Å²) in [4.78, 5) is 20.2. The highest BCUT2D eigenvalue weighted by atomic mass is 35.5. The number of rotatable bonds is 3. The molecule has 6 heteroatoms. The maximum Gasteiger partial charge on any atom is 0.270 e. The highest BCUT2D eigenvalue weighted by Crippen LogP contribution is 2.28. The van der Waals surface area contributed by atoms with Crippen molar-refractivity contribution in [2.45, 2.75) is 0 Å². The van der Waals surface area contributed by atoms with Crippen molar-refractivity contribution in [2.24, 2.45) is 0 Å². The molecule has 1 aliphatic rings. The number of hydrogen-bond donors (Lipinski definition) is 1. The number of anilines is 1. The van der Waals surface area contributed by atoms with Gasteiger partial charge < -0.3 is 19.5 Å². The molecule has 0 spiro atoms. The third-order valence-corrected chi connectivity index (χ3v) is 5.04. The molecule has 0 bridgehead atoms. The summed E-state index contributed by atoms with van der Waals surface area (Å²) in [5.41, 5.74) is 2.56. The Bertz CT molecular complexity index is 945. The third kappa shape index (κ3) is 3.10. The van der Waals surface area contributed by atoms with Crippen LogP contribution in [0.25, 0.3) is 10.9 Å². The molecule has 0 saturated carbocycles. The number of methoxy groups -OCH3 is 1. The number of nitrogens with zero attached hydrogens (tertiary/aromatic N) is 2. The number of benzene rings is 2. The Morgan fingerprint density at radius 2 is 1.85 bits per heavy atom. The van der Waals surface area contributed by atoms with E-state index in [1.807, 2.05) is 47.4 Å². The van der Waals surface area contributed by atoms with Crippen molar-refractivity contribution < 1.29 is 9.53 Å². The van der Waals surface area contributed by atoms with Crippen LogP contribution in [0.3, 0.4) is 0 Å². The van der Waals surface area contributed by atoms with Crippen LogP contribution in [-0.2, 0) is 0 Å². The Hall–Kier alpha value is -2.66. The van der Waals surface area contributed by atoms with E-state index in [1.165, 1.54) is 0 Å². The highest BCUT2D eigenvalue weighted by Gasteiger charge is 2.24. The fourth-order valence-electron chi connectivity index (χ4n) is 3.43. The minimum Gasteiger partial charge on any atom is -0.495 e. The third-order valence-electron chi connectivity index (χ3n) is 4.81. The lowest BCUT2D eigenvalue weighted by molar-refractivity contribution is 0.0742. The van der Waals surface area contributed by atoms with Gasteiger partial charge in [-0.05, 0) is 30.3 Å². The quantitative estimate of drug-likeness (QED) is 0.764. The van der Waals surface area contributed by atoms with Crippen molar-refractivity contribution in [2.75, 3.05) is 38.2 Å². The summed E-state index contributed by atoms with van der Waals surface area (Å²) in [5, 5.41) is 1.65.